The second kappa shape index (κ2) is 12.8. The number of aromatic nitrogens is 3. The predicted octanol–water partition coefficient (Wildman–Crippen LogP) is 1.09. The molecule has 1 aliphatic heterocycles. The van der Waals surface area contributed by atoms with Crippen LogP contribution in [0.2, 0.25) is 0 Å². The fourth-order valence-corrected chi connectivity index (χ4v) is 5.20. The number of para-hydroxylation sites is 1. The summed E-state index contributed by atoms with van der Waals surface area (Å²) in [6, 6.07) is 3.76. The molecule has 4 rings (SSSR count). The summed E-state index contributed by atoms with van der Waals surface area (Å²) in [4.78, 5) is 63.3. The van der Waals surface area contributed by atoms with Crippen LogP contribution in [0.3, 0.4) is 0 Å². The van der Waals surface area contributed by atoms with Gasteiger partial charge < -0.3 is 36.3 Å². The molecule has 1 fully saturated rings. The number of hydrogen-bond acceptors (Lipinski definition) is 6. The van der Waals surface area contributed by atoms with E-state index in [0.717, 1.165) is 22.2 Å². The Bertz CT molecular complexity index is 1340. The molecule has 0 saturated carbocycles. The maximum absolute atomic E-state index is 13.4. The number of hydrogen-bond donors (Lipinski definition) is 6. The molecule has 0 bridgehead atoms. The average molecular weight is 552 g/mol. The van der Waals surface area contributed by atoms with Gasteiger partial charge in [-0.25, -0.2) is 9.78 Å². The number of benzene rings is 1. The van der Waals surface area contributed by atoms with E-state index < -0.39 is 42.0 Å². The number of carbonyl (C=O) groups excluding carboxylic acids is 3. The summed E-state index contributed by atoms with van der Waals surface area (Å²) >= 11 is 0. The number of carbonyl (C=O) groups is 4. The normalized spacial score (nSPS) is 17.5. The Kier molecular flexibility index (Phi) is 9.20. The van der Waals surface area contributed by atoms with E-state index in [1.54, 1.807) is 12.4 Å². The predicted molar refractivity (Wildman–Crippen MR) is 148 cm³/mol. The van der Waals surface area contributed by atoms with Crippen molar-refractivity contribution >= 4 is 34.6 Å². The minimum atomic E-state index is -1.19. The Morgan fingerprint density at radius 1 is 1.12 bits per heavy atom. The Morgan fingerprint density at radius 2 is 1.90 bits per heavy atom. The highest BCUT2D eigenvalue weighted by Gasteiger charge is 2.38. The zero-order valence-electron chi connectivity index (χ0n) is 22.7. The Balaban J connectivity index is 1.42. The van der Waals surface area contributed by atoms with Crippen LogP contribution in [-0.2, 0) is 32.0 Å². The fourth-order valence-electron chi connectivity index (χ4n) is 5.20. The second-order valence-corrected chi connectivity index (χ2v) is 10.7. The molecule has 2 aromatic heterocycles. The first kappa shape index (κ1) is 28.8. The third-order valence-electron chi connectivity index (χ3n) is 7.20. The van der Waals surface area contributed by atoms with Crippen molar-refractivity contribution < 1.29 is 24.3 Å². The molecule has 1 saturated heterocycles. The highest BCUT2D eigenvalue weighted by Crippen LogP contribution is 2.21. The number of nitrogens with zero attached hydrogens (tertiary/aromatic N) is 2. The number of imidazole rings is 1. The van der Waals surface area contributed by atoms with Gasteiger partial charge in [0, 0.05) is 48.4 Å². The molecule has 12 heteroatoms. The van der Waals surface area contributed by atoms with E-state index >= 15 is 0 Å². The number of nitrogens with one attached hydrogen (secondary N) is 4. The van der Waals surface area contributed by atoms with Gasteiger partial charge in [-0.1, -0.05) is 32.0 Å². The zero-order valence-corrected chi connectivity index (χ0v) is 22.7. The minimum Gasteiger partial charge on any atom is -0.480 e. The number of rotatable bonds is 12. The van der Waals surface area contributed by atoms with Gasteiger partial charge in [0.05, 0.1) is 12.4 Å². The van der Waals surface area contributed by atoms with Crippen LogP contribution in [0.1, 0.15) is 44.4 Å². The van der Waals surface area contributed by atoms with E-state index in [9.17, 15) is 24.3 Å². The molecule has 0 aliphatic carbocycles. The van der Waals surface area contributed by atoms with Crippen molar-refractivity contribution in [3.63, 3.8) is 0 Å². The van der Waals surface area contributed by atoms with Crippen LogP contribution in [0.4, 0.5) is 0 Å². The number of aromatic amines is 2. The lowest BCUT2D eigenvalue weighted by atomic mass is 10.0. The van der Waals surface area contributed by atoms with Crippen molar-refractivity contribution in [1.29, 1.82) is 0 Å². The smallest absolute Gasteiger partial charge is 0.326 e. The van der Waals surface area contributed by atoms with Gasteiger partial charge in [-0.05, 0) is 36.8 Å². The lowest BCUT2D eigenvalue weighted by Gasteiger charge is -2.29. The summed E-state index contributed by atoms with van der Waals surface area (Å²) in [5.74, 6) is -2.52. The highest BCUT2D eigenvalue weighted by atomic mass is 16.4. The number of amides is 3. The number of nitrogens with two attached hydrogens (primary N) is 1. The molecule has 3 heterocycles. The molecule has 1 aromatic carbocycles. The summed E-state index contributed by atoms with van der Waals surface area (Å²) in [5.41, 5.74) is 8.50. The third-order valence-corrected chi connectivity index (χ3v) is 7.20. The summed E-state index contributed by atoms with van der Waals surface area (Å²) in [7, 11) is 0. The number of fused-ring (bicyclic) bond motifs is 1. The van der Waals surface area contributed by atoms with Crippen LogP contribution in [-0.4, -0.2) is 79.4 Å². The molecular formula is C28H37N7O5. The molecule has 0 spiro atoms. The molecule has 1 aliphatic rings. The maximum atomic E-state index is 13.4. The van der Waals surface area contributed by atoms with E-state index in [1.165, 1.54) is 11.2 Å². The molecule has 40 heavy (non-hydrogen) atoms. The molecule has 3 amide bonds. The molecule has 4 unspecified atom stereocenters. The lowest BCUT2D eigenvalue weighted by Crippen LogP contribution is -2.57. The first-order chi connectivity index (χ1) is 19.1. The average Bonchev–Trinajstić information content (AvgIpc) is 3.68. The van der Waals surface area contributed by atoms with Gasteiger partial charge in [-0.2, -0.15) is 0 Å². The second-order valence-electron chi connectivity index (χ2n) is 10.7. The summed E-state index contributed by atoms with van der Waals surface area (Å²) in [5, 5.41) is 16.2. The minimum absolute atomic E-state index is 0.0390. The Hall–Kier alpha value is -4.19. The fraction of sp³-hybridized carbons (Fsp3) is 0.464. The Labute approximate surface area is 232 Å². The van der Waals surface area contributed by atoms with Gasteiger partial charge in [0.25, 0.3) is 0 Å². The molecule has 3 aromatic rings. The van der Waals surface area contributed by atoms with Crippen LogP contribution in [0.25, 0.3) is 10.9 Å². The van der Waals surface area contributed by atoms with Gasteiger partial charge in [-0.3, -0.25) is 14.4 Å². The van der Waals surface area contributed by atoms with Crippen molar-refractivity contribution in [3.8, 4) is 0 Å². The van der Waals surface area contributed by atoms with Gasteiger partial charge in [0.15, 0.2) is 0 Å². The number of likely N-dealkylation sites (tertiary alicyclic amines) is 1. The monoisotopic (exact) mass is 551 g/mol. The molecule has 214 valence electrons. The van der Waals surface area contributed by atoms with Crippen LogP contribution in [0, 0.1) is 5.92 Å². The lowest BCUT2D eigenvalue weighted by molar-refractivity contribution is -0.143. The summed E-state index contributed by atoms with van der Waals surface area (Å²) in [6.07, 6.45) is 6.56. The summed E-state index contributed by atoms with van der Waals surface area (Å²) in [6.45, 7) is 4.21. The number of carboxylic acid groups (broad SMARTS) is 1. The SMILES string of the molecule is CC(C)CC(NC(=O)C1CCCN1C(=O)C(N)Cc1cnc[nH]1)C(=O)NC(Cc1c[nH]c2ccccc12)C(=O)O. The molecular weight excluding hydrogens is 514 g/mol. The van der Waals surface area contributed by atoms with Crippen molar-refractivity contribution in [2.24, 2.45) is 11.7 Å². The maximum Gasteiger partial charge on any atom is 0.326 e. The van der Waals surface area contributed by atoms with Gasteiger partial charge in [-0.15, -0.1) is 0 Å². The highest BCUT2D eigenvalue weighted by molar-refractivity contribution is 5.94. The van der Waals surface area contributed by atoms with Gasteiger partial charge in [0.2, 0.25) is 17.7 Å². The van der Waals surface area contributed by atoms with Crippen molar-refractivity contribution in [3.05, 3.63) is 54.2 Å². The molecule has 4 atom stereocenters. The Morgan fingerprint density at radius 3 is 2.60 bits per heavy atom. The van der Waals surface area contributed by atoms with E-state index in [1.807, 2.05) is 38.1 Å². The van der Waals surface area contributed by atoms with Gasteiger partial charge in [0.1, 0.15) is 18.1 Å². The van der Waals surface area contributed by atoms with Crippen LogP contribution in [0.5, 0.6) is 0 Å². The third kappa shape index (κ3) is 6.87. The van der Waals surface area contributed by atoms with E-state index in [-0.39, 0.29) is 24.7 Å². The van der Waals surface area contributed by atoms with Crippen molar-refractivity contribution in [2.45, 2.75) is 70.1 Å². The van der Waals surface area contributed by atoms with Crippen molar-refractivity contribution in [2.75, 3.05) is 6.54 Å². The van der Waals surface area contributed by atoms with Crippen LogP contribution < -0.4 is 16.4 Å². The largest absolute Gasteiger partial charge is 0.480 e. The van der Waals surface area contributed by atoms with E-state index in [4.69, 9.17) is 5.73 Å². The number of carboxylic acids is 1. The zero-order chi connectivity index (χ0) is 28.8. The first-order valence-corrected chi connectivity index (χ1v) is 13.6. The molecule has 12 nitrogen and oxygen atoms in total. The first-order valence-electron chi connectivity index (χ1n) is 13.6. The van der Waals surface area contributed by atoms with Crippen LogP contribution >= 0.6 is 0 Å². The number of H-pyrrole nitrogens is 2. The van der Waals surface area contributed by atoms with E-state index in [0.29, 0.717) is 25.8 Å². The topological polar surface area (TPSA) is 186 Å². The quantitative estimate of drug-likeness (QED) is 0.194. The van der Waals surface area contributed by atoms with E-state index in [2.05, 4.69) is 25.6 Å². The van der Waals surface area contributed by atoms with Crippen molar-refractivity contribution in [1.82, 2.24) is 30.5 Å². The van der Waals surface area contributed by atoms with Crippen LogP contribution in [0.15, 0.2) is 43.0 Å². The summed E-state index contributed by atoms with van der Waals surface area (Å²) < 4.78 is 0. The molecule has 0 radical (unpaired) electrons. The molecule has 7 N–H and O–H groups in total. The van der Waals surface area contributed by atoms with Gasteiger partial charge >= 0.3 is 5.97 Å². The standard InChI is InChI=1S/C28H37N7O5/c1-16(2)10-22(25(36)34-23(28(39)40)11-17-13-31-21-7-4-3-6-19(17)21)33-26(37)24-8-5-9-35(24)27(38)20(29)12-18-14-30-15-32-18/h3-4,6-7,13-16,20,22-24,31H,5,8-12,29H2,1-2H3,(H,30,32)(H,33,37)(H,34,36)(H,39,40). The number of aliphatic carboxylic acids is 1.